The predicted octanol–water partition coefficient (Wildman–Crippen LogP) is 6.32. The summed E-state index contributed by atoms with van der Waals surface area (Å²) < 4.78 is 2.30. The minimum Gasteiger partial charge on any atom is -0.309 e. The zero-order valence-corrected chi connectivity index (χ0v) is 14.6. The first-order chi connectivity index (χ1) is 13.4. The van der Waals surface area contributed by atoms with E-state index >= 15 is 0 Å². The van der Waals surface area contributed by atoms with Crippen molar-refractivity contribution >= 4 is 21.8 Å². The molecule has 0 saturated carbocycles. The van der Waals surface area contributed by atoms with Gasteiger partial charge in [-0.2, -0.15) is 5.26 Å². The van der Waals surface area contributed by atoms with E-state index in [4.69, 9.17) is 0 Å². The van der Waals surface area contributed by atoms with Crippen LogP contribution in [0.2, 0.25) is 0 Å². The smallest absolute Gasteiger partial charge is 0.0991 e. The van der Waals surface area contributed by atoms with Gasteiger partial charge in [0.05, 0.1) is 28.4 Å². The van der Waals surface area contributed by atoms with Crippen LogP contribution < -0.4 is 0 Å². The van der Waals surface area contributed by atoms with Crippen LogP contribution in [0.3, 0.4) is 0 Å². The van der Waals surface area contributed by atoms with Gasteiger partial charge in [-0.25, -0.2) is 0 Å². The van der Waals surface area contributed by atoms with Crippen LogP contribution in [0.25, 0.3) is 38.6 Å². The SMILES string of the molecule is N#Cc1ccc(-n2c3ccccc3c3ccccc32)c(-c2ccccc2)c1. The van der Waals surface area contributed by atoms with Crippen molar-refractivity contribution in [1.29, 1.82) is 5.26 Å². The van der Waals surface area contributed by atoms with Crippen molar-refractivity contribution in [2.75, 3.05) is 0 Å². The topological polar surface area (TPSA) is 28.7 Å². The lowest BCUT2D eigenvalue weighted by Crippen LogP contribution is -1.97. The Labute approximate surface area is 157 Å². The number of para-hydroxylation sites is 2. The van der Waals surface area contributed by atoms with Gasteiger partial charge in [-0.3, -0.25) is 0 Å². The van der Waals surface area contributed by atoms with Gasteiger partial charge in [-0.15, -0.1) is 0 Å². The van der Waals surface area contributed by atoms with E-state index in [1.807, 2.05) is 30.3 Å². The van der Waals surface area contributed by atoms with Crippen molar-refractivity contribution in [3.05, 3.63) is 103 Å². The van der Waals surface area contributed by atoms with Gasteiger partial charge in [0.2, 0.25) is 0 Å². The highest BCUT2D eigenvalue weighted by atomic mass is 15.0. The van der Waals surface area contributed by atoms with E-state index in [1.54, 1.807) is 0 Å². The molecule has 1 aromatic heterocycles. The van der Waals surface area contributed by atoms with Gasteiger partial charge < -0.3 is 4.57 Å². The van der Waals surface area contributed by atoms with Crippen molar-refractivity contribution in [2.45, 2.75) is 0 Å². The number of rotatable bonds is 2. The van der Waals surface area contributed by atoms with E-state index in [-0.39, 0.29) is 0 Å². The second-order valence-electron chi connectivity index (χ2n) is 6.58. The van der Waals surface area contributed by atoms with Gasteiger partial charge in [0.1, 0.15) is 0 Å². The second kappa shape index (κ2) is 6.16. The van der Waals surface area contributed by atoms with Crippen molar-refractivity contribution in [3.63, 3.8) is 0 Å². The zero-order valence-electron chi connectivity index (χ0n) is 14.6. The third kappa shape index (κ3) is 2.41. The van der Waals surface area contributed by atoms with Crippen LogP contribution in [0.15, 0.2) is 97.1 Å². The Hall–Kier alpha value is -3.83. The fourth-order valence-electron chi connectivity index (χ4n) is 3.83. The van der Waals surface area contributed by atoms with E-state index in [2.05, 4.69) is 77.4 Å². The molecule has 27 heavy (non-hydrogen) atoms. The Morgan fingerprint density at radius 3 is 1.85 bits per heavy atom. The molecule has 0 fully saturated rings. The van der Waals surface area contributed by atoms with Gasteiger partial charge in [-0.05, 0) is 35.9 Å². The monoisotopic (exact) mass is 344 g/mol. The third-order valence-electron chi connectivity index (χ3n) is 5.03. The number of aromatic nitrogens is 1. The Bertz CT molecular complexity index is 1270. The first-order valence-electron chi connectivity index (χ1n) is 8.95. The summed E-state index contributed by atoms with van der Waals surface area (Å²) in [7, 11) is 0. The largest absolute Gasteiger partial charge is 0.309 e. The molecular weight excluding hydrogens is 328 g/mol. The summed E-state index contributed by atoms with van der Waals surface area (Å²) in [6.07, 6.45) is 0. The lowest BCUT2D eigenvalue weighted by molar-refractivity contribution is 1.18. The van der Waals surface area contributed by atoms with Gasteiger partial charge in [0, 0.05) is 16.3 Å². The Kier molecular flexibility index (Phi) is 3.52. The molecule has 2 heteroatoms. The van der Waals surface area contributed by atoms with Crippen LogP contribution >= 0.6 is 0 Å². The van der Waals surface area contributed by atoms with Crippen LogP contribution in [0.5, 0.6) is 0 Å². The molecule has 0 aliphatic rings. The predicted molar refractivity (Wildman–Crippen MR) is 111 cm³/mol. The quantitative estimate of drug-likeness (QED) is 0.368. The van der Waals surface area contributed by atoms with Gasteiger partial charge in [-0.1, -0.05) is 66.7 Å². The average molecular weight is 344 g/mol. The molecular formula is C25H16N2. The lowest BCUT2D eigenvalue weighted by Gasteiger charge is -2.14. The van der Waals surface area contributed by atoms with Crippen molar-refractivity contribution in [2.24, 2.45) is 0 Å². The van der Waals surface area contributed by atoms with Crippen LogP contribution in [-0.2, 0) is 0 Å². The van der Waals surface area contributed by atoms with Crippen LogP contribution in [0, 0.1) is 11.3 Å². The number of fused-ring (bicyclic) bond motifs is 3. The number of benzene rings is 4. The second-order valence-corrected chi connectivity index (χ2v) is 6.58. The minimum atomic E-state index is 0.665. The first kappa shape index (κ1) is 15.4. The third-order valence-corrected chi connectivity index (χ3v) is 5.03. The molecule has 1 heterocycles. The zero-order chi connectivity index (χ0) is 18.2. The molecule has 4 aromatic carbocycles. The molecule has 5 rings (SSSR count). The number of nitriles is 1. The Morgan fingerprint density at radius 1 is 0.630 bits per heavy atom. The maximum absolute atomic E-state index is 9.42. The van der Waals surface area contributed by atoms with E-state index in [1.165, 1.54) is 21.8 Å². The summed E-state index contributed by atoms with van der Waals surface area (Å²) in [5, 5.41) is 11.9. The molecule has 0 radical (unpaired) electrons. The summed E-state index contributed by atoms with van der Waals surface area (Å²) >= 11 is 0. The highest BCUT2D eigenvalue weighted by Crippen LogP contribution is 2.36. The Balaban J connectivity index is 1.92. The van der Waals surface area contributed by atoms with Crippen LogP contribution in [0.4, 0.5) is 0 Å². The van der Waals surface area contributed by atoms with E-state index in [0.29, 0.717) is 5.56 Å². The molecule has 0 bridgehead atoms. The van der Waals surface area contributed by atoms with Crippen molar-refractivity contribution in [3.8, 4) is 22.9 Å². The highest BCUT2D eigenvalue weighted by Gasteiger charge is 2.15. The normalized spacial score (nSPS) is 10.9. The summed E-state index contributed by atoms with van der Waals surface area (Å²) in [5.41, 5.74) is 6.24. The molecule has 2 nitrogen and oxygen atoms in total. The minimum absolute atomic E-state index is 0.665. The molecule has 0 atom stereocenters. The summed E-state index contributed by atoms with van der Waals surface area (Å²) in [4.78, 5) is 0. The molecule has 0 unspecified atom stereocenters. The van der Waals surface area contributed by atoms with E-state index < -0.39 is 0 Å². The van der Waals surface area contributed by atoms with Gasteiger partial charge in [0.25, 0.3) is 0 Å². The van der Waals surface area contributed by atoms with Crippen LogP contribution in [0.1, 0.15) is 5.56 Å². The number of hydrogen-bond donors (Lipinski definition) is 0. The Morgan fingerprint density at radius 2 is 1.22 bits per heavy atom. The maximum atomic E-state index is 9.42. The first-order valence-corrected chi connectivity index (χ1v) is 8.95. The van der Waals surface area contributed by atoms with E-state index in [0.717, 1.165) is 16.8 Å². The number of nitrogens with zero attached hydrogens (tertiary/aromatic N) is 2. The number of hydrogen-bond acceptors (Lipinski definition) is 1. The molecule has 0 N–H and O–H groups in total. The van der Waals surface area contributed by atoms with Crippen molar-refractivity contribution in [1.82, 2.24) is 4.57 Å². The maximum Gasteiger partial charge on any atom is 0.0991 e. The fraction of sp³-hybridized carbons (Fsp3) is 0. The average Bonchev–Trinajstić information content (AvgIpc) is 3.08. The van der Waals surface area contributed by atoms with Crippen LogP contribution in [-0.4, -0.2) is 4.57 Å². The molecule has 0 aliphatic heterocycles. The van der Waals surface area contributed by atoms with E-state index in [9.17, 15) is 5.26 Å². The molecule has 0 aliphatic carbocycles. The van der Waals surface area contributed by atoms with Gasteiger partial charge in [0.15, 0.2) is 0 Å². The summed E-state index contributed by atoms with van der Waals surface area (Å²) in [6.45, 7) is 0. The lowest BCUT2D eigenvalue weighted by atomic mass is 10.0. The fourth-order valence-corrected chi connectivity index (χ4v) is 3.83. The molecule has 0 spiro atoms. The van der Waals surface area contributed by atoms with Gasteiger partial charge >= 0.3 is 0 Å². The molecule has 0 amide bonds. The summed E-state index contributed by atoms with van der Waals surface area (Å²) in [6, 6.07) is 35.4. The molecule has 0 saturated heterocycles. The molecule has 5 aromatic rings. The summed E-state index contributed by atoms with van der Waals surface area (Å²) in [5.74, 6) is 0. The molecule has 126 valence electrons. The standard InChI is InChI=1S/C25H16N2/c26-17-18-14-15-25(22(16-18)19-8-2-1-3-9-19)27-23-12-6-4-10-20(23)21-11-5-7-13-24(21)27/h1-16H. The highest BCUT2D eigenvalue weighted by molar-refractivity contribution is 6.09. The van der Waals surface area contributed by atoms with Crippen molar-refractivity contribution < 1.29 is 0 Å².